The molecule has 2 amide bonds. The highest BCUT2D eigenvalue weighted by Crippen LogP contribution is 2.19. The Morgan fingerprint density at radius 2 is 2.32 bits per heavy atom. The third kappa shape index (κ3) is 4.06. The van der Waals surface area contributed by atoms with Crippen molar-refractivity contribution in [2.24, 2.45) is 0 Å². The fourth-order valence-corrected chi connectivity index (χ4v) is 2.57. The molecule has 0 unspecified atom stereocenters. The zero-order valence-electron chi connectivity index (χ0n) is 11.0. The summed E-state index contributed by atoms with van der Waals surface area (Å²) in [6.07, 6.45) is 4.33. The van der Waals surface area contributed by atoms with Gasteiger partial charge in [-0.25, -0.2) is 4.79 Å². The number of rotatable bonds is 4. The number of urea groups is 1. The lowest BCUT2D eigenvalue weighted by Gasteiger charge is -2.14. The minimum atomic E-state index is -0.169. The summed E-state index contributed by atoms with van der Waals surface area (Å²) in [5.41, 5.74) is 3.07. The van der Waals surface area contributed by atoms with E-state index in [4.69, 9.17) is 0 Å². The molecule has 4 nitrogen and oxygen atoms in total. The Bertz CT molecular complexity index is 539. The normalized spacial score (nSPS) is 11.9. The predicted octanol–water partition coefficient (Wildman–Crippen LogP) is 3.20. The van der Waals surface area contributed by atoms with Crippen LogP contribution < -0.4 is 10.6 Å². The fraction of sp³-hybridized carbons (Fsp3) is 0.286. The second-order valence-electron chi connectivity index (χ2n) is 4.53. The van der Waals surface area contributed by atoms with Gasteiger partial charge in [-0.15, -0.1) is 11.3 Å². The molecule has 0 saturated carbocycles. The second kappa shape index (κ2) is 6.33. The van der Waals surface area contributed by atoms with Crippen molar-refractivity contribution in [3.8, 4) is 0 Å². The second-order valence-corrected chi connectivity index (χ2v) is 5.28. The first-order valence-corrected chi connectivity index (χ1v) is 7.08. The number of pyridine rings is 1. The lowest BCUT2D eigenvalue weighted by atomic mass is 10.1. The number of aryl methyl sites for hydroxylation is 1. The van der Waals surface area contributed by atoms with E-state index in [1.807, 2.05) is 42.9 Å². The van der Waals surface area contributed by atoms with Crippen LogP contribution in [0.15, 0.2) is 35.3 Å². The molecule has 0 aliphatic rings. The van der Waals surface area contributed by atoms with Gasteiger partial charge in [-0.3, -0.25) is 4.98 Å². The Labute approximate surface area is 116 Å². The van der Waals surface area contributed by atoms with Crippen LogP contribution in [0.1, 0.15) is 18.1 Å². The SMILES string of the molecule is Cc1cscc1NC(=O)N[C@@H](C)Cc1cccnc1. The Morgan fingerprint density at radius 3 is 2.95 bits per heavy atom. The van der Waals surface area contributed by atoms with Gasteiger partial charge >= 0.3 is 6.03 Å². The molecule has 2 aromatic rings. The molecule has 2 rings (SSSR count). The van der Waals surface area contributed by atoms with Crippen molar-refractivity contribution >= 4 is 23.1 Å². The average Bonchev–Trinajstić information content (AvgIpc) is 2.76. The first-order chi connectivity index (χ1) is 9.15. The van der Waals surface area contributed by atoms with E-state index in [9.17, 15) is 4.79 Å². The van der Waals surface area contributed by atoms with E-state index in [0.29, 0.717) is 0 Å². The van der Waals surface area contributed by atoms with Crippen molar-refractivity contribution in [1.29, 1.82) is 0 Å². The number of carbonyl (C=O) groups excluding carboxylic acids is 1. The van der Waals surface area contributed by atoms with Crippen LogP contribution in [0.25, 0.3) is 0 Å². The van der Waals surface area contributed by atoms with Crippen LogP contribution in [0.4, 0.5) is 10.5 Å². The number of hydrogen-bond acceptors (Lipinski definition) is 3. The topological polar surface area (TPSA) is 54.0 Å². The summed E-state index contributed by atoms with van der Waals surface area (Å²) < 4.78 is 0. The maximum atomic E-state index is 11.8. The highest BCUT2D eigenvalue weighted by molar-refractivity contribution is 7.08. The Morgan fingerprint density at radius 1 is 1.47 bits per heavy atom. The van der Waals surface area contributed by atoms with Gasteiger partial charge in [0.1, 0.15) is 0 Å². The van der Waals surface area contributed by atoms with Gasteiger partial charge in [-0.05, 0) is 42.8 Å². The molecule has 100 valence electrons. The maximum Gasteiger partial charge on any atom is 0.319 e. The van der Waals surface area contributed by atoms with Crippen molar-refractivity contribution < 1.29 is 4.79 Å². The standard InChI is InChI=1S/C14H17N3OS/c1-10-8-19-9-13(10)17-14(18)16-11(2)6-12-4-3-5-15-7-12/h3-5,7-9,11H,6H2,1-2H3,(H2,16,17,18)/t11-/m0/s1. The monoisotopic (exact) mass is 275 g/mol. The first kappa shape index (κ1) is 13.5. The highest BCUT2D eigenvalue weighted by atomic mass is 32.1. The summed E-state index contributed by atoms with van der Waals surface area (Å²) in [4.78, 5) is 15.9. The van der Waals surface area contributed by atoms with E-state index in [1.54, 1.807) is 17.5 Å². The van der Waals surface area contributed by atoms with Crippen molar-refractivity contribution in [3.05, 3.63) is 46.4 Å². The van der Waals surface area contributed by atoms with E-state index in [-0.39, 0.29) is 12.1 Å². The van der Waals surface area contributed by atoms with Crippen LogP contribution in [0.3, 0.4) is 0 Å². The van der Waals surface area contributed by atoms with Gasteiger partial charge in [-0.2, -0.15) is 0 Å². The number of nitrogens with one attached hydrogen (secondary N) is 2. The molecule has 0 aromatic carbocycles. The molecular weight excluding hydrogens is 258 g/mol. The Kier molecular flexibility index (Phi) is 4.52. The van der Waals surface area contributed by atoms with Gasteiger partial charge in [0.25, 0.3) is 0 Å². The molecule has 0 radical (unpaired) electrons. The molecule has 0 fully saturated rings. The van der Waals surface area contributed by atoms with Gasteiger partial charge in [-0.1, -0.05) is 6.07 Å². The smallest absolute Gasteiger partial charge is 0.319 e. The zero-order chi connectivity index (χ0) is 13.7. The molecule has 2 heterocycles. The highest BCUT2D eigenvalue weighted by Gasteiger charge is 2.09. The summed E-state index contributed by atoms with van der Waals surface area (Å²) in [5.74, 6) is 0. The van der Waals surface area contributed by atoms with Crippen LogP contribution in [0.2, 0.25) is 0 Å². The third-order valence-corrected chi connectivity index (χ3v) is 3.61. The quantitative estimate of drug-likeness (QED) is 0.900. The number of aromatic nitrogens is 1. The van der Waals surface area contributed by atoms with Gasteiger partial charge in [0.15, 0.2) is 0 Å². The van der Waals surface area contributed by atoms with Gasteiger partial charge in [0.2, 0.25) is 0 Å². The maximum absolute atomic E-state index is 11.8. The molecule has 1 atom stereocenters. The summed E-state index contributed by atoms with van der Waals surface area (Å²) in [6, 6.07) is 3.80. The van der Waals surface area contributed by atoms with Crippen molar-refractivity contribution in [1.82, 2.24) is 10.3 Å². The van der Waals surface area contributed by atoms with E-state index in [2.05, 4.69) is 15.6 Å². The molecule has 0 aliphatic heterocycles. The van der Waals surface area contributed by atoms with Crippen LogP contribution in [0.5, 0.6) is 0 Å². The van der Waals surface area contributed by atoms with Crippen LogP contribution >= 0.6 is 11.3 Å². The summed E-state index contributed by atoms with van der Waals surface area (Å²) in [5, 5.41) is 9.71. The Balaban J connectivity index is 1.84. The van der Waals surface area contributed by atoms with Crippen LogP contribution in [-0.4, -0.2) is 17.1 Å². The van der Waals surface area contributed by atoms with Gasteiger partial charge in [0.05, 0.1) is 5.69 Å². The van der Waals surface area contributed by atoms with Gasteiger partial charge in [0, 0.05) is 23.8 Å². The molecule has 2 N–H and O–H groups in total. The molecule has 0 aliphatic carbocycles. The minimum absolute atomic E-state index is 0.0585. The number of amides is 2. The zero-order valence-corrected chi connectivity index (χ0v) is 11.8. The number of thiophene rings is 1. The fourth-order valence-electron chi connectivity index (χ4n) is 1.79. The lowest BCUT2D eigenvalue weighted by molar-refractivity contribution is 0.249. The van der Waals surface area contributed by atoms with E-state index < -0.39 is 0 Å². The van der Waals surface area contributed by atoms with Crippen LogP contribution in [-0.2, 0) is 6.42 Å². The lowest BCUT2D eigenvalue weighted by Crippen LogP contribution is -2.37. The molecule has 0 saturated heterocycles. The molecule has 19 heavy (non-hydrogen) atoms. The largest absolute Gasteiger partial charge is 0.335 e. The number of carbonyl (C=O) groups is 1. The molecular formula is C14H17N3OS. The number of hydrogen-bond donors (Lipinski definition) is 2. The van der Waals surface area contributed by atoms with Crippen molar-refractivity contribution in [2.45, 2.75) is 26.3 Å². The molecule has 0 bridgehead atoms. The summed E-state index contributed by atoms with van der Waals surface area (Å²) in [6.45, 7) is 3.96. The Hall–Kier alpha value is -1.88. The number of anilines is 1. The summed E-state index contributed by atoms with van der Waals surface area (Å²) in [7, 11) is 0. The van der Waals surface area contributed by atoms with Crippen molar-refractivity contribution in [3.63, 3.8) is 0 Å². The molecule has 0 spiro atoms. The van der Waals surface area contributed by atoms with E-state index >= 15 is 0 Å². The van der Waals surface area contributed by atoms with Gasteiger partial charge < -0.3 is 10.6 Å². The van der Waals surface area contributed by atoms with E-state index in [0.717, 1.165) is 23.2 Å². The van der Waals surface area contributed by atoms with Crippen LogP contribution in [0, 0.1) is 6.92 Å². The first-order valence-electron chi connectivity index (χ1n) is 6.14. The minimum Gasteiger partial charge on any atom is -0.335 e. The average molecular weight is 275 g/mol. The molecule has 5 heteroatoms. The number of nitrogens with zero attached hydrogens (tertiary/aromatic N) is 1. The van der Waals surface area contributed by atoms with E-state index in [1.165, 1.54) is 0 Å². The van der Waals surface area contributed by atoms with Crippen molar-refractivity contribution in [2.75, 3.05) is 5.32 Å². The third-order valence-electron chi connectivity index (χ3n) is 2.75. The predicted molar refractivity (Wildman–Crippen MR) is 78.6 cm³/mol. The molecule has 2 aromatic heterocycles. The summed E-state index contributed by atoms with van der Waals surface area (Å²) >= 11 is 1.58.